The molecule has 0 saturated heterocycles. The van der Waals surface area contributed by atoms with Crippen LogP contribution in [0.1, 0.15) is 16.7 Å². The van der Waals surface area contributed by atoms with Gasteiger partial charge in [0, 0.05) is 17.6 Å². The van der Waals surface area contributed by atoms with Gasteiger partial charge < -0.3 is 10.1 Å². The number of hydrogen-bond acceptors (Lipinski definition) is 3. The van der Waals surface area contributed by atoms with E-state index >= 15 is 0 Å². The molecule has 0 atom stereocenters. The van der Waals surface area contributed by atoms with Gasteiger partial charge in [-0.1, -0.05) is 48.0 Å². The molecule has 0 aliphatic heterocycles. The van der Waals surface area contributed by atoms with E-state index in [0.717, 1.165) is 16.7 Å². The lowest BCUT2D eigenvalue weighted by molar-refractivity contribution is -0.143. The summed E-state index contributed by atoms with van der Waals surface area (Å²) in [6.45, 7) is 1.96. The molecule has 0 unspecified atom stereocenters. The smallest absolute Gasteiger partial charge is 0.331 e. The van der Waals surface area contributed by atoms with Crippen molar-refractivity contribution < 1.29 is 14.3 Å². The maximum Gasteiger partial charge on any atom is 0.331 e. The van der Waals surface area contributed by atoms with Gasteiger partial charge in [-0.25, -0.2) is 4.79 Å². The summed E-state index contributed by atoms with van der Waals surface area (Å²) in [5.41, 5.74) is 2.86. The monoisotopic (exact) mass is 343 g/mol. The summed E-state index contributed by atoms with van der Waals surface area (Å²) in [5.74, 6) is -0.927. The van der Waals surface area contributed by atoms with Crippen LogP contribution in [0, 0.1) is 6.92 Å². The number of hydrogen-bond donors (Lipinski definition) is 1. The lowest BCUT2D eigenvalue weighted by atomic mass is 10.1. The van der Waals surface area contributed by atoms with Crippen molar-refractivity contribution in [2.75, 3.05) is 6.61 Å². The van der Waals surface area contributed by atoms with E-state index in [1.165, 1.54) is 6.08 Å². The minimum Gasteiger partial charge on any atom is -0.452 e. The highest BCUT2D eigenvalue weighted by atomic mass is 35.5. The molecule has 0 saturated carbocycles. The molecule has 0 bridgehead atoms. The molecule has 2 rings (SSSR count). The lowest BCUT2D eigenvalue weighted by Gasteiger charge is -2.06. The van der Waals surface area contributed by atoms with E-state index in [9.17, 15) is 9.59 Å². The molecule has 0 aromatic heterocycles. The molecule has 0 aliphatic rings. The van der Waals surface area contributed by atoms with E-state index in [1.807, 2.05) is 37.3 Å². The van der Waals surface area contributed by atoms with E-state index in [1.54, 1.807) is 24.3 Å². The Labute approximate surface area is 146 Å². The number of halogens is 1. The van der Waals surface area contributed by atoms with Crippen molar-refractivity contribution in [1.29, 1.82) is 0 Å². The summed E-state index contributed by atoms with van der Waals surface area (Å²) in [7, 11) is 0. The Morgan fingerprint density at radius 2 is 1.96 bits per heavy atom. The molecule has 4 nitrogen and oxygen atoms in total. The molecule has 0 aliphatic carbocycles. The number of amides is 1. The Morgan fingerprint density at radius 3 is 2.71 bits per heavy atom. The van der Waals surface area contributed by atoms with Gasteiger partial charge in [-0.05, 0) is 41.8 Å². The van der Waals surface area contributed by atoms with Crippen LogP contribution in [0.25, 0.3) is 6.08 Å². The number of aryl methyl sites for hydroxylation is 1. The largest absolute Gasteiger partial charge is 0.452 e. The van der Waals surface area contributed by atoms with Gasteiger partial charge in [-0.2, -0.15) is 0 Å². The minimum atomic E-state index is -0.559. The average molecular weight is 344 g/mol. The van der Waals surface area contributed by atoms with Gasteiger partial charge in [0.05, 0.1) is 0 Å². The molecular formula is C19H18ClNO3. The Morgan fingerprint density at radius 1 is 1.17 bits per heavy atom. The zero-order chi connectivity index (χ0) is 17.4. The second-order valence-corrected chi connectivity index (χ2v) is 5.64. The van der Waals surface area contributed by atoms with Crippen molar-refractivity contribution in [2.45, 2.75) is 13.5 Å². The zero-order valence-electron chi connectivity index (χ0n) is 13.3. The number of rotatable bonds is 6. The van der Waals surface area contributed by atoms with E-state index in [0.29, 0.717) is 11.6 Å². The van der Waals surface area contributed by atoms with Crippen molar-refractivity contribution in [3.05, 3.63) is 76.3 Å². The Bertz CT molecular complexity index is 756. The van der Waals surface area contributed by atoms with Crippen LogP contribution >= 0.6 is 11.6 Å². The fourth-order valence-corrected chi connectivity index (χ4v) is 2.23. The molecular weight excluding hydrogens is 326 g/mol. The molecule has 0 spiro atoms. The molecule has 1 N–H and O–H groups in total. The van der Waals surface area contributed by atoms with Crippen LogP contribution in [-0.4, -0.2) is 18.5 Å². The standard InChI is InChI=1S/C19H18ClNO3/c1-14-5-2-3-7-16(14)9-10-19(23)24-13-18(22)21-12-15-6-4-8-17(20)11-15/h2-11H,12-13H2,1H3,(H,21,22)/b10-9+. The third-order valence-electron chi connectivity index (χ3n) is 3.31. The van der Waals surface area contributed by atoms with E-state index in [2.05, 4.69) is 5.32 Å². The van der Waals surface area contributed by atoms with Crippen LogP contribution in [-0.2, 0) is 20.9 Å². The van der Waals surface area contributed by atoms with Crippen LogP contribution in [0.15, 0.2) is 54.6 Å². The fourth-order valence-electron chi connectivity index (χ4n) is 2.02. The van der Waals surface area contributed by atoms with Gasteiger partial charge in [0.1, 0.15) is 0 Å². The summed E-state index contributed by atoms with van der Waals surface area (Å²) in [4.78, 5) is 23.3. The predicted octanol–water partition coefficient (Wildman–Crippen LogP) is 3.52. The molecule has 24 heavy (non-hydrogen) atoms. The fraction of sp³-hybridized carbons (Fsp3) is 0.158. The molecule has 1 amide bonds. The highest BCUT2D eigenvalue weighted by Gasteiger charge is 2.05. The quantitative estimate of drug-likeness (QED) is 0.645. The van der Waals surface area contributed by atoms with Gasteiger partial charge >= 0.3 is 5.97 Å². The first-order chi connectivity index (χ1) is 11.5. The van der Waals surface area contributed by atoms with Crippen molar-refractivity contribution >= 4 is 29.6 Å². The van der Waals surface area contributed by atoms with Crippen LogP contribution < -0.4 is 5.32 Å². The van der Waals surface area contributed by atoms with Crippen molar-refractivity contribution in [1.82, 2.24) is 5.32 Å². The third-order valence-corrected chi connectivity index (χ3v) is 3.55. The van der Waals surface area contributed by atoms with Gasteiger partial charge in [-0.15, -0.1) is 0 Å². The van der Waals surface area contributed by atoms with Crippen LogP contribution in [0.3, 0.4) is 0 Å². The van der Waals surface area contributed by atoms with Crippen molar-refractivity contribution in [3.63, 3.8) is 0 Å². The van der Waals surface area contributed by atoms with Crippen molar-refractivity contribution in [3.8, 4) is 0 Å². The maximum absolute atomic E-state index is 11.7. The minimum absolute atomic E-state index is 0.322. The van der Waals surface area contributed by atoms with E-state index in [-0.39, 0.29) is 12.5 Å². The number of ether oxygens (including phenoxy) is 1. The molecule has 0 heterocycles. The van der Waals surface area contributed by atoms with Gasteiger partial charge in [0.25, 0.3) is 5.91 Å². The normalized spacial score (nSPS) is 10.6. The Balaban J connectivity index is 1.75. The number of benzene rings is 2. The predicted molar refractivity (Wildman–Crippen MR) is 94.5 cm³/mol. The first-order valence-electron chi connectivity index (χ1n) is 7.46. The first-order valence-corrected chi connectivity index (χ1v) is 7.84. The van der Waals surface area contributed by atoms with E-state index < -0.39 is 5.97 Å². The summed E-state index contributed by atoms with van der Waals surface area (Å²) >= 11 is 5.87. The molecule has 124 valence electrons. The third kappa shape index (κ3) is 5.89. The molecule has 0 fully saturated rings. The molecule has 5 heteroatoms. The van der Waals surface area contributed by atoms with Crippen LogP contribution in [0.2, 0.25) is 5.02 Å². The summed E-state index contributed by atoms with van der Waals surface area (Å²) < 4.78 is 4.91. The topological polar surface area (TPSA) is 55.4 Å². The zero-order valence-corrected chi connectivity index (χ0v) is 14.0. The summed E-state index contributed by atoms with van der Waals surface area (Å²) in [6.07, 6.45) is 2.98. The SMILES string of the molecule is Cc1ccccc1/C=C/C(=O)OCC(=O)NCc1cccc(Cl)c1. The summed E-state index contributed by atoms with van der Waals surface area (Å²) in [6, 6.07) is 14.8. The number of esters is 1. The summed E-state index contributed by atoms with van der Waals surface area (Å²) in [5, 5.41) is 3.27. The number of carbonyl (C=O) groups is 2. The lowest BCUT2D eigenvalue weighted by Crippen LogP contribution is -2.28. The highest BCUT2D eigenvalue weighted by Crippen LogP contribution is 2.10. The second-order valence-electron chi connectivity index (χ2n) is 5.20. The Hall–Kier alpha value is -2.59. The second kappa shape index (κ2) is 8.89. The number of carbonyl (C=O) groups excluding carboxylic acids is 2. The van der Waals surface area contributed by atoms with Crippen molar-refractivity contribution in [2.24, 2.45) is 0 Å². The average Bonchev–Trinajstić information content (AvgIpc) is 2.57. The van der Waals surface area contributed by atoms with E-state index in [4.69, 9.17) is 16.3 Å². The highest BCUT2D eigenvalue weighted by molar-refractivity contribution is 6.30. The maximum atomic E-state index is 11.7. The van der Waals surface area contributed by atoms with Crippen LogP contribution in [0.4, 0.5) is 0 Å². The first kappa shape index (κ1) is 17.8. The molecule has 2 aromatic carbocycles. The number of nitrogens with one attached hydrogen (secondary N) is 1. The molecule has 2 aromatic rings. The van der Waals surface area contributed by atoms with Gasteiger partial charge in [0.2, 0.25) is 0 Å². The van der Waals surface area contributed by atoms with Gasteiger partial charge in [0.15, 0.2) is 6.61 Å². The molecule has 0 radical (unpaired) electrons. The van der Waals surface area contributed by atoms with Gasteiger partial charge in [-0.3, -0.25) is 4.79 Å². The Kier molecular flexibility index (Phi) is 6.58. The van der Waals surface area contributed by atoms with Crippen LogP contribution in [0.5, 0.6) is 0 Å².